The zero-order valence-electron chi connectivity index (χ0n) is 52.3. The molecule has 5 rings (SSSR count). The topological polar surface area (TPSA) is 103 Å². The van der Waals surface area contributed by atoms with E-state index in [1.54, 1.807) is 7.11 Å². The summed E-state index contributed by atoms with van der Waals surface area (Å²) in [6, 6.07) is 35.3. The molecular formula is C67H103Cl3O10Si3. The Balaban J connectivity index is 1.43. The minimum atomic E-state index is -2.80. The molecule has 1 N–H and O–H groups in total. The van der Waals surface area contributed by atoms with E-state index in [2.05, 4.69) is 168 Å². The standard InChI is InChI=1S/C67H103Cl3O10Si3/c1-15-30-61(79-81(16-2,17-3)18-4)59-36-28-35-58(78-59)60-44-43-57(77-60)52(10)64(71)62(80-82(19-5,20-6)21-7)37-29-38-63(75-49-73-48-67(68,69)70)65(74-47-53-39-41-54(72-14)42-40-53)51(9)50(8)45-46-76-83(66(11,12)13,55-31-24-22-25-32-55)56-33-26-23-27-34-56/h15,22-29,31-35,38-42,50-51,57-65,71H,1,10,16-21,30,36-37,43-49H2,2-9,11-14H3/b38-29-/t50-,51+,57-,58+,59-,60-,61-,62+,63-,64+,65+/m0/s1. The minimum Gasteiger partial charge on any atom is -0.497 e. The molecule has 1 fully saturated rings. The summed E-state index contributed by atoms with van der Waals surface area (Å²) in [5, 5.41) is 14.9. The molecule has 0 radical (unpaired) electrons. The molecule has 0 aromatic heterocycles. The van der Waals surface area contributed by atoms with Gasteiger partial charge in [-0.3, -0.25) is 0 Å². The molecule has 0 saturated carbocycles. The maximum atomic E-state index is 12.6. The van der Waals surface area contributed by atoms with Crippen molar-refractivity contribution in [1.82, 2.24) is 0 Å². The Morgan fingerprint density at radius 1 is 0.783 bits per heavy atom. The molecule has 3 aromatic carbocycles. The summed E-state index contributed by atoms with van der Waals surface area (Å²) in [6.07, 6.45) is 10.8. The van der Waals surface area contributed by atoms with Crippen molar-refractivity contribution in [2.45, 2.75) is 221 Å². The number of hydrogen-bond donors (Lipinski definition) is 1. The number of hydrogen-bond acceptors (Lipinski definition) is 10. The van der Waals surface area contributed by atoms with Gasteiger partial charge in [0.15, 0.2) is 16.6 Å². The van der Waals surface area contributed by atoms with Crippen LogP contribution in [0.25, 0.3) is 0 Å². The molecule has 2 aliphatic rings. The van der Waals surface area contributed by atoms with Gasteiger partial charge >= 0.3 is 0 Å². The van der Waals surface area contributed by atoms with Crippen molar-refractivity contribution >= 4 is 70.1 Å². The molecule has 83 heavy (non-hydrogen) atoms. The quantitative estimate of drug-likeness (QED) is 0.0197. The molecular weight excluding hydrogens is 1160 g/mol. The maximum absolute atomic E-state index is 12.6. The van der Waals surface area contributed by atoms with Crippen LogP contribution in [0.2, 0.25) is 41.3 Å². The number of aliphatic hydroxyl groups is 1. The van der Waals surface area contributed by atoms with Gasteiger partial charge in [0.25, 0.3) is 8.32 Å². The Hall–Kier alpha value is -2.42. The van der Waals surface area contributed by atoms with E-state index in [0.717, 1.165) is 73.3 Å². The summed E-state index contributed by atoms with van der Waals surface area (Å²) in [5.41, 5.74) is 1.59. The summed E-state index contributed by atoms with van der Waals surface area (Å²) in [6.45, 7) is 33.9. The van der Waals surface area contributed by atoms with Crippen molar-refractivity contribution in [3.05, 3.63) is 140 Å². The van der Waals surface area contributed by atoms with Crippen LogP contribution in [-0.2, 0) is 43.6 Å². The predicted octanol–water partition coefficient (Wildman–Crippen LogP) is 16.0. The summed E-state index contributed by atoms with van der Waals surface area (Å²) < 4.78 is 58.9. The van der Waals surface area contributed by atoms with Crippen LogP contribution in [0, 0.1) is 11.8 Å². The van der Waals surface area contributed by atoms with Gasteiger partial charge in [-0.1, -0.05) is 221 Å². The first-order valence-corrected chi connectivity index (χ1v) is 38.9. The zero-order valence-corrected chi connectivity index (χ0v) is 57.6. The first-order valence-electron chi connectivity index (χ1n) is 30.8. The second-order valence-corrected chi connectivity index (χ2v) is 40.3. The third-order valence-corrected chi connectivity index (χ3v) is 32.7. The molecule has 11 atom stereocenters. The molecule has 2 heterocycles. The van der Waals surface area contributed by atoms with Crippen LogP contribution in [0.1, 0.15) is 120 Å². The van der Waals surface area contributed by atoms with Crippen molar-refractivity contribution < 1.29 is 46.8 Å². The predicted molar refractivity (Wildman–Crippen MR) is 352 cm³/mol. The molecule has 0 aliphatic carbocycles. The van der Waals surface area contributed by atoms with Crippen LogP contribution in [0.3, 0.4) is 0 Å². The number of halogens is 3. The van der Waals surface area contributed by atoms with Crippen LogP contribution in [-0.4, -0.2) is 116 Å². The summed E-state index contributed by atoms with van der Waals surface area (Å²) >= 11 is 18.5. The second-order valence-electron chi connectivity index (χ2n) is 24.0. The third-order valence-electron chi connectivity index (χ3n) is 18.0. The van der Waals surface area contributed by atoms with Crippen molar-refractivity contribution in [2.24, 2.45) is 11.8 Å². The van der Waals surface area contributed by atoms with E-state index < -0.39 is 53.2 Å². The normalized spacial score (nSPS) is 20.9. The van der Waals surface area contributed by atoms with Gasteiger partial charge in [-0.05, 0) is 125 Å². The Morgan fingerprint density at radius 2 is 1.37 bits per heavy atom. The van der Waals surface area contributed by atoms with Gasteiger partial charge in [0.1, 0.15) is 30.9 Å². The zero-order chi connectivity index (χ0) is 60.9. The van der Waals surface area contributed by atoms with E-state index >= 15 is 0 Å². The van der Waals surface area contributed by atoms with Crippen LogP contribution in [0.15, 0.2) is 134 Å². The molecule has 16 heteroatoms. The molecule has 10 nitrogen and oxygen atoms in total. The van der Waals surface area contributed by atoms with Crippen LogP contribution in [0.4, 0.5) is 0 Å². The Labute approximate surface area is 519 Å². The first-order chi connectivity index (χ1) is 39.6. The lowest BCUT2D eigenvalue weighted by atomic mass is 9.85. The van der Waals surface area contributed by atoms with Crippen molar-refractivity contribution in [3.63, 3.8) is 0 Å². The SMILES string of the molecule is C=CC[C@H](O[Si](CC)(CC)CC)[C@@H]1CC=C[C@H]([C@@H]2CC[C@@H](C(=C)[C@@H](O)[C@@H](C/C=C\[C@H](OCOCC(Cl)(Cl)Cl)[C@H](OCc3ccc(OC)cc3)[C@H](C)[C@@H](C)CCO[Si](c3ccccc3)(c3ccccc3)C(C)(C)C)O[Si](CC)(CC)CC)O2)O1. The van der Waals surface area contributed by atoms with Crippen LogP contribution >= 0.6 is 34.8 Å². The highest BCUT2D eigenvalue weighted by Gasteiger charge is 2.50. The highest BCUT2D eigenvalue weighted by molar-refractivity contribution is 6.99. The van der Waals surface area contributed by atoms with Gasteiger partial charge in [-0.2, -0.15) is 0 Å². The van der Waals surface area contributed by atoms with Gasteiger partial charge < -0.3 is 46.8 Å². The van der Waals surface area contributed by atoms with E-state index in [4.69, 9.17) is 76.5 Å². The largest absolute Gasteiger partial charge is 0.497 e. The average Bonchev–Trinajstić information content (AvgIpc) is 4.14. The van der Waals surface area contributed by atoms with Gasteiger partial charge in [-0.25, -0.2) is 0 Å². The van der Waals surface area contributed by atoms with E-state index in [1.807, 2.05) is 36.4 Å². The second kappa shape index (κ2) is 34.4. The number of aliphatic hydroxyl groups excluding tert-OH is 1. The molecule has 3 aromatic rings. The number of ether oxygens (including phenoxy) is 6. The fraction of sp³-hybridized carbons (Fsp3) is 0.612. The fourth-order valence-corrected chi connectivity index (χ4v) is 22.7. The number of methoxy groups -OCH3 is 1. The van der Waals surface area contributed by atoms with Crippen LogP contribution < -0.4 is 15.1 Å². The molecule has 0 amide bonds. The summed E-state index contributed by atoms with van der Waals surface area (Å²) in [4.78, 5) is 0. The van der Waals surface area contributed by atoms with Gasteiger partial charge in [-0.15, -0.1) is 6.58 Å². The molecule has 1 saturated heterocycles. The summed E-state index contributed by atoms with van der Waals surface area (Å²) in [5.74, 6) is 0.794. The molecule has 0 bridgehead atoms. The highest BCUT2D eigenvalue weighted by atomic mass is 35.6. The molecule has 464 valence electrons. The Kier molecular flexibility index (Phi) is 29.5. The number of alkyl halides is 3. The van der Waals surface area contributed by atoms with Gasteiger partial charge in [0.05, 0.1) is 56.9 Å². The number of rotatable bonds is 37. The van der Waals surface area contributed by atoms with E-state index in [-0.39, 0.29) is 60.8 Å². The number of benzene rings is 3. The summed E-state index contributed by atoms with van der Waals surface area (Å²) in [7, 11) is -5.33. The molecule has 2 aliphatic heterocycles. The lowest BCUT2D eigenvalue weighted by Crippen LogP contribution is -2.66. The average molecular weight is 1260 g/mol. The molecule has 0 spiro atoms. The highest BCUT2D eigenvalue weighted by Crippen LogP contribution is 2.39. The van der Waals surface area contributed by atoms with E-state index in [0.29, 0.717) is 31.6 Å². The van der Waals surface area contributed by atoms with Crippen molar-refractivity contribution in [3.8, 4) is 5.75 Å². The van der Waals surface area contributed by atoms with Gasteiger partial charge in [0, 0.05) is 6.61 Å². The van der Waals surface area contributed by atoms with Gasteiger partial charge in [0.2, 0.25) is 3.79 Å². The lowest BCUT2D eigenvalue weighted by molar-refractivity contribution is -0.141. The van der Waals surface area contributed by atoms with E-state index in [1.165, 1.54) is 10.4 Å². The minimum absolute atomic E-state index is 0.0619. The maximum Gasteiger partial charge on any atom is 0.261 e. The van der Waals surface area contributed by atoms with E-state index in [9.17, 15) is 5.11 Å². The van der Waals surface area contributed by atoms with Crippen molar-refractivity contribution in [1.29, 1.82) is 0 Å². The lowest BCUT2D eigenvalue weighted by Gasteiger charge is -2.43. The van der Waals surface area contributed by atoms with Crippen LogP contribution in [0.5, 0.6) is 5.75 Å². The Bertz CT molecular complexity index is 2340. The first kappa shape index (κ1) is 71.3. The fourth-order valence-electron chi connectivity index (χ4n) is 12.1. The Morgan fingerprint density at radius 3 is 1.92 bits per heavy atom. The van der Waals surface area contributed by atoms with Crippen molar-refractivity contribution in [2.75, 3.05) is 27.1 Å². The monoisotopic (exact) mass is 1260 g/mol. The smallest absolute Gasteiger partial charge is 0.261 e. The molecule has 0 unspecified atom stereocenters. The third kappa shape index (κ3) is 20.0.